The molecule has 3 rings (SSSR count). The Bertz CT molecular complexity index is 478. The van der Waals surface area contributed by atoms with Crippen molar-refractivity contribution in [2.24, 2.45) is 0 Å². The summed E-state index contributed by atoms with van der Waals surface area (Å²) in [5.41, 5.74) is 0.658. The molecule has 1 N–H and O–H groups in total. The molecule has 0 bridgehead atoms. The van der Waals surface area contributed by atoms with Gasteiger partial charge in [0.05, 0.1) is 17.8 Å². The Morgan fingerprint density at radius 1 is 1.16 bits per heavy atom. The Hall–Kier alpha value is -1.07. The Morgan fingerprint density at radius 2 is 1.89 bits per heavy atom. The van der Waals surface area contributed by atoms with Crippen LogP contribution in [0, 0.1) is 0 Å². The molecule has 2 aliphatic heterocycles. The molecule has 0 atom stereocenters. The van der Waals surface area contributed by atoms with Crippen molar-refractivity contribution in [2.45, 2.75) is 31.0 Å². The molecule has 0 unspecified atom stereocenters. The second-order valence-corrected chi connectivity index (χ2v) is 5.21. The van der Waals surface area contributed by atoms with Crippen LogP contribution in [0.2, 0.25) is 0 Å². The largest absolute Gasteiger partial charge is 0.416 e. The van der Waals surface area contributed by atoms with E-state index < -0.39 is 17.3 Å². The van der Waals surface area contributed by atoms with Crippen LogP contribution in [0.5, 0.6) is 0 Å². The zero-order valence-corrected chi connectivity index (χ0v) is 10.5. The summed E-state index contributed by atoms with van der Waals surface area (Å²) in [5, 5.41) is 3.23. The molecular formula is C14H16F3NO. The quantitative estimate of drug-likeness (QED) is 0.783. The van der Waals surface area contributed by atoms with Crippen LogP contribution >= 0.6 is 0 Å². The van der Waals surface area contributed by atoms with Crippen LogP contribution in [0.25, 0.3) is 0 Å². The van der Waals surface area contributed by atoms with E-state index in [4.69, 9.17) is 4.74 Å². The van der Waals surface area contributed by atoms with Crippen LogP contribution in [0.1, 0.15) is 29.5 Å². The van der Waals surface area contributed by atoms with E-state index in [1.165, 1.54) is 12.1 Å². The van der Waals surface area contributed by atoms with Gasteiger partial charge in [0.2, 0.25) is 0 Å². The van der Waals surface area contributed by atoms with Gasteiger partial charge in [-0.25, -0.2) is 0 Å². The van der Waals surface area contributed by atoms with Crippen molar-refractivity contribution in [1.82, 2.24) is 5.32 Å². The molecule has 5 heteroatoms. The summed E-state index contributed by atoms with van der Waals surface area (Å²) in [5.74, 6) is 0. The van der Waals surface area contributed by atoms with Crippen LogP contribution in [0.15, 0.2) is 18.2 Å². The molecule has 0 aliphatic carbocycles. The van der Waals surface area contributed by atoms with E-state index in [1.54, 1.807) is 6.07 Å². The molecule has 2 nitrogen and oxygen atoms in total. The van der Waals surface area contributed by atoms with Gasteiger partial charge < -0.3 is 10.1 Å². The molecule has 1 saturated heterocycles. The topological polar surface area (TPSA) is 21.3 Å². The van der Waals surface area contributed by atoms with Crippen molar-refractivity contribution in [3.8, 4) is 0 Å². The van der Waals surface area contributed by atoms with Crippen LogP contribution in [0.4, 0.5) is 13.2 Å². The monoisotopic (exact) mass is 271 g/mol. The first-order valence-corrected chi connectivity index (χ1v) is 6.57. The summed E-state index contributed by atoms with van der Waals surface area (Å²) in [6, 6.07) is 4.09. The Balaban J connectivity index is 2.06. The predicted molar refractivity (Wildman–Crippen MR) is 64.9 cm³/mol. The number of hydrogen-bond donors (Lipinski definition) is 1. The predicted octanol–water partition coefficient (Wildman–Crippen LogP) is 2.86. The van der Waals surface area contributed by atoms with E-state index >= 15 is 0 Å². The SMILES string of the molecule is FC(F)(F)c1ccc2c(c1)C1(CCNCC1)OCC2. The fourth-order valence-corrected chi connectivity index (χ4v) is 3.07. The maximum absolute atomic E-state index is 12.9. The van der Waals surface area contributed by atoms with Crippen molar-refractivity contribution in [3.63, 3.8) is 0 Å². The summed E-state index contributed by atoms with van der Waals surface area (Å²) < 4.78 is 44.5. The second kappa shape index (κ2) is 4.49. The highest BCUT2D eigenvalue weighted by molar-refractivity contribution is 5.39. The van der Waals surface area contributed by atoms with Crippen LogP contribution in [-0.2, 0) is 22.9 Å². The Labute approximate surface area is 109 Å². The first-order valence-electron chi connectivity index (χ1n) is 6.57. The van der Waals surface area contributed by atoms with Crippen molar-refractivity contribution < 1.29 is 17.9 Å². The molecule has 0 radical (unpaired) electrons. The normalized spacial score (nSPS) is 22.3. The third-order valence-electron chi connectivity index (χ3n) is 4.09. The molecule has 2 aliphatic rings. The van der Waals surface area contributed by atoms with E-state index in [1.807, 2.05) is 0 Å². The number of piperidine rings is 1. The first kappa shape index (κ1) is 12.9. The van der Waals surface area contributed by atoms with Gasteiger partial charge in [-0.2, -0.15) is 13.2 Å². The van der Waals surface area contributed by atoms with Gasteiger partial charge in [0.25, 0.3) is 0 Å². The molecule has 1 spiro atoms. The molecule has 1 aromatic carbocycles. The lowest BCUT2D eigenvalue weighted by molar-refractivity contribution is -0.138. The lowest BCUT2D eigenvalue weighted by Gasteiger charge is -2.42. The van der Waals surface area contributed by atoms with Crippen molar-refractivity contribution in [3.05, 3.63) is 34.9 Å². The summed E-state index contributed by atoms with van der Waals surface area (Å²) >= 11 is 0. The fourth-order valence-electron chi connectivity index (χ4n) is 3.07. The number of fused-ring (bicyclic) bond motifs is 2. The summed E-state index contributed by atoms with van der Waals surface area (Å²) in [6.07, 6.45) is -2.12. The number of benzene rings is 1. The van der Waals surface area contributed by atoms with Crippen LogP contribution in [-0.4, -0.2) is 19.7 Å². The van der Waals surface area contributed by atoms with E-state index in [-0.39, 0.29) is 0 Å². The van der Waals surface area contributed by atoms with Gasteiger partial charge in [0.1, 0.15) is 0 Å². The zero-order valence-electron chi connectivity index (χ0n) is 10.5. The fraction of sp³-hybridized carbons (Fsp3) is 0.571. The Morgan fingerprint density at radius 3 is 2.58 bits per heavy atom. The van der Waals surface area contributed by atoms with E-state index in [9.17, 15) is 13.2 Å². The molecule has 0 amide bonds. The van der Waals surface area contributed by atoms with Gasteiger partial charge in [0.15, 0.2) is 0 Å². The summed E-state index contributed by atoms with van der Waals surface area (Å²) in [7, 11) is 0. The minimum Gasteiger partial charge on any atom is -0.370 e. The minimum atomic E-state index is -4.29. The maximum Gasteiger partial charge on any atom is 0.416 e. The number of rotatable bonds is 0. The highest BCUT2D eigenvalue weighted by atomic mass is 19.4. The number of nitrogens with one attached hydrogen (secondary N) is 1. The maximum atomic E-state index is 12.9. The molecule has 104 valence electrons. The van der Waals surface area contributed by atoms with Gasteiger partial charge in [-0.1, -0.05) is 6.07 Å². The highest BCUT2D eigenvalue weighted by Gasteiger charge is 2.41. The average Bonchev–Trinajstić information content (AvgIpc) is 2.39. The first-order chi connectivity index (χ1) is 9.01. The molecule has 19 heavy (non-hydrogen) atoms. The van der Waals surface area contributed by atoms with Crippen molar-refractivity contribution >= 4 is 0 Å². The van der Waals surface area contributed by atoms with Crippen LogP contribution in [0.3, 0.4) is 0 Å². The van der Waals surface area contributed by atoms with Gasteiger partial charge >= 0.3 is 6.18 Å². The standard InChI is InChI=1S/C14H16F3NO/c15-14(16,17)11-2-1-10-3-8-19-13(12(10)9-11)4-6-18-7-5-13/h1-2,9,18H,3-8H2. The van der Waals surface area contributed by atoms with Crippen molar-refractivity contribution in [1.29, 1.82) is 0 Å². The highest BCUT2D eigenvalue weighted by Crippen LogP contribution is 2.42. The minimum absolute atomic E-state index is 0.514. The third kappa shape index (κ3) is 2.25. The Kier molecular flexibility index (Phi) is 3.06. The summed E-state index contributed by atoms with van der Waals surface area (Å²) in [4.78, 5) is 0. The molecule has 0 saturated carbocycles. The average molecular weight is 271 g/mol. The molecule has 2 heterocycles. The molecule has 1 fully saturated rings. The molecule has 1 aromatic rings. The van der Waals surface area contributed by atoms with Gasteiger partial charge in [-0.15, -0.1) is 0 Å². The number of ether oxygens (including phenoxy) is 1. The lowest BCUT2D eigenvalue weighted by Crippen LogP contribution is -2.44. The van der Waals surface area contributed by atoms with Crippen LogP contribution < -0.4 is 5.32 Å². The van der Waals surface area contributed by atoms with E-state index in [2.05, 4.69) is 5.32 Å². The van der Waals surface area contributed by atoms with Crippen molar-refractivity contribution in [2.75, 3.05) is 19.7 Å². The molecule has 0 aromatic heterocycles. The second-order valence-electron chi connectivity index (χ2n) is 5.21. The van der Waals surface area contributed by atoms with E-state index in [0.717, 1.165) is 37.1 Å². The summed E-state index contributed by atoms with van der Waals surface area (Å²) in [6.45, 7) is 2.17. The third-order valence-corrected chi connectivity index (χ3v) is 4.09. The van der Waals surface area contributed by atoms with E-state index in [0.29, 0.717) is 13.0 Å². The lowest BCUT2D eigenvalue weighted by atomic mass is 9.79. The zero-order chi connectivity index (χ0) is 13.5. The molecular weight excluding hydrogens is 255 g/mol. The number of alkyl halides is 3. The van der Waals surface area contributed by atoms with Gasteiger partial charge in [-0.3, -0.25) is 0 Å². The number of hydrogen-bond acceptors (Lipinski definition) is 2. The van der Waals surface area contributed by atoms with Gasteiger partial charge in [0, 0.05) is 0 Å². The smallest absolute Gasteiger partial charge is 0.370 e. The number of halogens is 3. The van der Waals surface area contributed by atoms with Gasteiger partial charge in [-0.05, 0) is 55.6 Å².